The van der Waals surface area contributed by atoms with Crippen LogP contribution in [0.1, 0.15) is 25.0 Å². The third-order valence-corrected chi connectivity index (χ3v) is 1.81. The van der Waals surface area contributed by atoms with E-state index in [1.165, 1.54) is 12.1 Å². The predicted molar refractivity (Wildman–Crippen MR) is 60.3 cm³/mol. The SMILES string of the molecule is CC.CNCc1ccc(CC(F)(F)F)cc1. The van der Waals surface area contributed by atoms with Gasteiger partial charge in [0.1, 0.15) is 0 Å². The lowest BCUT2D eigenvalue weighted by Gasteiger charge is -2.06. The molecule has 1 rings (SSSR count). The molecule has 0 heterocycles. The zero-order valence-electron chi connectivity index (χ0n) is 9.86. The Hall–Kier alpha value is -1.03. The van der Waals surface area contributed by atoms with Gasteiger partial charge in [-0.1, -0.05) is 38.1 Å². The molecule has 0 aliphatic heterocycles. The Kier molecular flexibility index (Phi) is 6.81. The fraction of sp³-hybridized carbons (Fsp3) is 0.500. The third-order valence-electron chi connectivity index (χ3n) is 1.81. The molecule has 0 unspecified atom stereocenters. The van der Waals surface area contributed by atoms with E-state index >= 15 is 0 Å². The second-order valence-electron chi connectivity index (χ2n) is 3.14. The second kappa shape index (κ2) is 7.28. The highest BCUT2D eigenvalue weighted by atomic mass is 19.4. The highest BCUT2D eigenvalue weighted by Gasteiger charge is 2.27. The van der Waals surface area contributed by atoms with Crippen molar-refractivity contribution in [3.8, 4) is 0 Å². The maximum absolute atomic E-state index is 12.0. The molecule has 1 nitrogen and oxygen atoms in total. The van der Waals surface area contributed by atoms with Gasteiger partial charge in [-0.2, -0.15) is 13.2 Å². The van der Waals surface area contributed by atoms with E-state index in [0.717, 1.165) is 5.56 Å². The first-order valence-electron chi connectivity index (χ1n) is 5.30. The summed E-state index contributed by atoms with van der Waals surface area (Å²) in [6, 6.07) is 6.44. The summed E-state index contributed by atoms with van der Waals surface area (Å²) in [6.45, 7) is 4.67. The van der Waals surface area contributed by atoms with E-state index in [9.17, 15) is 13.2 Å². The molecular formula is C12H18F3N. The maximum Gasteiger partial charge on any atom is 0.393 e. The van der Waals surface area contributed by atoms with Crippen LogP contribution in [0.5, 0.6) is 0 Å². The molecule has 16 heavy (non-hydrogen) atoms. The molecule has 0 aliphatic rings. The summed E-state index contributed by atoms with van der Waals surface area (Å²) in [5.74, 6) is 0. The minimum atomic E-state index is -4.12. The molecule has 1 aromatic rings. The summed E-state index contributed by atoms with van der Waals surface area (Å²) in [5.41, 5.74) is 1.29. The lowest BCUT2D eigenvalue weighted by molar-refractivity contribution is -0.127. The molecule has 92 valence electrons. The normalized spacial score (nSPS) is 10.6. The topological polar surface area (TPSA) is 12.0 Å². The number of hydrogen-bond donors (Lipinski definition) is 1. The van der Waals surface area contributed by atoms with Crippen LogP contribution < -0.4 is 5.32 Å². The summed E-state index contributed by atoms with van der Waals surface area (Å²) in [6.07, 6.45) is -4.97. The molecule has 0 bridgehead atoms. The van der Waals surface area contributed by atoms with E-state index in [2.05, 4.69) is 5.32 Å². The molecule has 4 heteroatoms. The summed E-state index contributed by atoms with van der Waals surface area (Å²) in [5, 5.41) is 2.93. The molecule has 1 aromatic carbocycles. The van der Waals surface area contributed by atoms with Crippen LogP contribution in [0.3, 0.4) is 0 Å². The zero-order chi connectivity index (χ0) is 12.6. The van der Waals surface area contributed by atoms with Crippen LogP contribution in [-0.2, 0) is 13.0 Å². The van der Waals surface area contributed by atoms with Crippen LogP contribution in [0.25, 0.3) is 0 Å². The highest BCUT2D eigenvalue weighted by Crippen LogP contribution is 2.21. The van der Waals surface area contributed by atoms with Crippen molar-refractivity contribution in [2.24, 2.45) is 0 Å². The van der Waals surface area contributed by atoms with Crippen molar-refractivity contribution in [1.82, 2.24) is 5.32 Å². The Morgan fingerprint density at radius 3 is 1.81 bits per heavy atom. The smallest absolute Gasteiger partial charge is 0.316 e. The fourth-order valence-corrected chi connectivity index (χ4v) is 1.21. The van der Waals surface area contributed by atoms with E-state index < -0.39 is 12.6 Å². The van der Waals surface area contributed by atoms with Crippen molar-refractivity contribution in [3.63, 3.8) is 0 Å². The van der Waals surface area contributed by atoms with E-state index in [1.54, 1.807) is 19.2 Å². The molecule has 1 N–H and O–H groups in total. The first-order valence-corrected chi connectivity index (χ1v) is 5.30. The average Bonchev–Trinajstić information content (AvgIpc) is 2.22. The monoisotopic (exact) mass is 233 g/mol. The van der Waals surface area contributed by atoms with E-state index in [0.29, 0.717) is 12.1 Å². The molecule has 0 saturated carbocycles. The van der Waals surface area contributed by atoms with Gasteiger partial charge in [0.25, 0.3) is 0 Å². The summed E-state index contributed by atoms with van der Waals surface area (Å²) >= 11 is 0. The first-order chi connectivity index (χ1) is 7.51. The Labute approximate surface area is 94.7 Å². The van der Waals surface area contributed by atoms with Gasteiger partial charge in [-0.25, -0.2) is 0 Å². The number of hydrogen-bond acceptors (Lipinski definition) is 1. The summed E-state index contributed by atoms with van der Waals surface area (Å²) < 4.78 is 35.9. The minimum Gasteiger partial charge on any atom is -0.316 e. The van der Waals surface area contributed by atoms with Crippen molar-refractivity contribution in [2.75, 3.05) is 7.05 Å². The van der Waals surface area contributed by atoms with Crippen LogP contribution in [0.4, 0.5) is 13.2 Å². The van der Waals surface area contributed by atoms with Gasteiger partial charge in [-0.3, -0.25) is 0 Å². The molecule has 0 spiro atoms. The Morgan fingerprint density at radius 2 is 1.44 bits per heavy atom. The molecule has 0 saturated heterocycles. The lowest BCUT2D eigenvalue weighted by atomic mass is 10.1. The van der Waals surface area contributed by atoms with Crippen molar-refractivity contribution in [3.05, 3.63) is 35.4 Å². The van der Waals surface area contributed by atoms with Gasteiger partial charge in [0.15, 0.2) is 0 Å². The van der Waals surface area contributed by atoms with Crippen molar-refractivity contribution in [1.29, 1.82) is 0 Å². The van der Waals surface area contributed by atoms with E-state index in [-0.39, 0.29) is 0 Å². The van der Waals surface area contributed by atoms with Gasteiger partial charge < -0.3 is 5.32 Å². The third kappa shape index (κ3) is 6.45. The quantitative estimate of drug-likeness (QED) is 0.842. The largest absolute Gasteiger partial charge is 0.393 e. The van der Waals surface area contributed by atoms with Gasteiger partial charge in [-0.15, -0.1) is 0 Å². The minimum absolute atomic E-state index is 0.303. The van der Waals surface area contributed by atoms with Crippen molar-refractivity contribution >= 4 is 0 Å². The van der Waals surface area contributed by atoms with Crippen molar-refractivity contribution < 1.29 is 13.2 Å². The average molecular weight is 233 g/mol. The molecule has 0 aromatic heterocycles. The van der Waals surface area contributed by atoms with Gasteiger partial charge in [0.05, 0.1) is 6.42 Å². The highest BCUT2D eigenvalue weighted by molar-refractivity contribution is 5.23. The maximum atomic E-state index is 12.0. The van der Waals surface area contributed by atoms with E-state index in [1.807, 2.05) is 13.8 Å². The molecule has 0 fully saturated rings. The Balaban J connectivity index is 0.00000106. The number of benzene rings is 1. The fourth-order valence-electron chi connectivity index (χ4n) is 1.21. The van der Waals surface area contributed by atoms with Gasteiger partial charge >= 0.3 is 6.18 Å². The predicted octanol–water partition coefficient (Wildman–Crippen LogP) is 3.54. The molecule has 0 amide bonds. The van der Waals surface area contributed by atoms with Gasteiger partial charge in [0, 0.05) is 6.54 Å². The van der Waals surface area contributed by atoms with Crippen LogP contribution in [-0.4, -0.2) is 13.2 Å². The van der Waals surface area contributed by atoms with Gasteiger partial charge in [-0.05, 0) is 18.2 Å². The number of alkyl halides is 3. The molecule has 0 aliphatic carbocycles. The van der Waals surface area contributed by atoms with E-state index in [4.69, 9.17) is 0 Å². The molecule has 0 radical (unpaired) electrons. The Morgan fingerprint density at radius 1 is 1.00 bits per heavy atom. The second-order valence-corrected chi connectivity index (χ2v) is 3.14. The summed E-state index contributed by atoms with van der Waals surface area (Å²) in [4.78, 5) is 0. The van der Waals surface area contributed by atoms with Crippen LogP contribution in [0, 0.1) is 0 Å². The lowest BCUT2D eigenvalue weighted by Crippen LogP contribution is -2.11. The first kappa shape index (κ1) is 15.0. The number of rotatable bonds is 3. The van der Waals surface area contributed by atoms with Crippen LogP contribution in [0.2, 0.25) is 0 Å². The van der Waals surface area contributed by atoms with Gasteiger partial charge in [0.2, 0.25) is 0 Å². The molecule has 0 atom stereocenters. The van der Waals surface area contributed by atoms with Crippen molar-refractivity contribution in [2.45, 2.75) is 33.0 Å². The zero-order valence-corrected chi connectivity index (χ0v) is 9.86. The molecular weight excluding hydrogens is 215 g/mol. The summed E-state index contributed by atoms with van der Waals surface area (Å²) in [7, 11) is 1.80. The Bertz CT molecular complexity index is 277. The van der Waals surface area contributed by atoms with Crippen LogP contribution in [0.15, 0.2) is 24.3 Å². The number of halogens is 3. The number of nitrogens with one attached hydrogen (secondary N) is 1. The standard InChI is InChI=1S/C10H12F3N.C2H6/c1-14-7-9-4-2-8(3-5-9)6-10(11,12)13;1-2/h2-5,14H,6-7H2,1H3;1-2H3. The van der Waals surface area contributed by atoms with Crippen LogP contribution >= 0.6 is 0 Å².